The molecule has 0 saturated carbocycles. The third-order valence-corrected chi connectivity index (χ3v) is 5.99. The Morgan fingerprint density at radius 3 is 2.52 bits per heavy atom. The van der Waals surface area contributed by atoms with E-state index in [4.69, 9.17) is 4.42 Å². The number of anilines is 1. The van der Waals surface area contributed by atoms with Gasteiger partial charge in [0.25, 0.3) is 5.91 Å². The highest BCUT2D eigenvalue weighted by molar-refractivity contribution is 7.99. The Morgan fingerprint density at radius 1 is 1.14 bits per heavy atom. The molecule has 0 aliphatic heterocycles. The number of hydrogen-bond donors (Lipinski definition) is 1. The molecular weight excluding hydrogens is 410 g/mol. The molecule has 1 heterocycles. The maximum Gasteiger partial charge on any atom is 0.322 e. The second kappa shape index (κ2) is 8.79. The van der Waals surface area contributed by atoms with Gasteiger partial charge in [0.15, 0.2) is 9.84 Å². The van der Waals surface area contributed by atoms with Crippen LogP contribution in [0, 0.1) is 0 Å². The molecule has 0 spiro atoms. The van der Waals surface area contributed by atoms with E-state index in [1.165, 1.54) is 12.1 Å². The molecule has 0 aliphatic carbocycles. The minimum Gasteiger partial charge on any atom is -0.407 e. The Bertz CT molecular complexity index is 1110. The van der Waals surface area contributed by atoms with Gasteiger partial charge in [-0.1, -0.05) is 37.1 Å². The van der Waals surface area contributed by atoms with Crippen LogP contribution in [0.5, 0.6) is 0 Å². The summed E-state index contributed by atoms with van der Waals surface area (Å²) in [6.45, 7) is 4.18. The molecule has 3 aromatic rings. The molecule has 0 atom stereocenters. The maximum absolute atomic E-state index is 12.4. The molecule has 2 aromatic carbocycles. The van der Waals surface area contributed by atoms with Crippen LogP contribution in [-0.4, -0.2) is 36.0 Å². The van der Waals surface area contributed by atoms with E-state index in [1.54, 1.807) is 30.0 Å². The van der Waals surface area contributed by atoms with Crippen molar-refractivity contribution in [2.45, 2.75) is 35.3 Å². The minimum atomic E-state index is -3.24. The zero-order chi connectivity index (χ0) is 21.0. The SMILES string of the molecule is CC(C)Sc1cccc(C(=O)Nc2nnc(Cc3ccc(S(C)(=O)=O)cc3)o2)c1. The van der Waals surface area contributed by atoms with Crippen LogP contribution in [0.25, 0.3) is 0 Å². The number of nitrogens with zero attached hydrogens (tertiary/aromatic N) is 2. The molecule has 7 nitrogen and oxygen atoms in total. The summed E-state index contributed by atoms with van der Waals surface area (Å²) in [5, 5.41) is 10.8. The first-order valence-corrected chi connectivity index (χ1v) is 11.7. The van der Waals surface area contributed by atoms with Crippen LogP contribution in [0.2, 0.25) is 0 Å². The normalized spacial score (nSPS) is 11.6. The lowest BCUT2D eigenvalue weighted by Crippen LogP contribution is -2.12. The van der Waals surface area contributed by atoms with Gasteiger partial charge < -0.3 is 4.42 Å². The van der Waals surface area contributed by atoms with E-state index in [1.807, 2.05) is 18.2 Å². The van der Waals surface area contributed by atoms with Crippen molar-refractivity contribution in [2.24, 2.45) is 0 Å². The van der Waals surface area contributed by atoms with E-state index < -0.39 is 9.84 Å². The van der Waals surface area contributed by atoms with Crippen LogP contribution in [0.3, 0.4) is 0 Å². The number of sulfone groups is 1. The highest BCUT2D eigenvalue weighted by Crippen LogP contribution is 2.24. The van der Waals surface area contributed by atoms with E-state index in [0.717, 1.165) is 16.7 Å². The Hall–Kier alpha value is -2.65. The largest absolute Gasteiger partial charge is 0.407 e. The molecule has 0 radical (unpaired) electrons. The number of aromatic nitrogens is 2. The summed E-state index contributed by atoms with van der Waals surface area (Å²) < 4.78 is 28.5. The van der Waals surface area contributed by atoms with E-state index in [-0.39, 0.29) is 16.8 Å². The molecular formula is C20H21N3O4S2. The van der Waals surface area contributed by atoms with Crippen molar-refractivity contribution >= 4 is 33.5 Å². The van der Waals surface area contributed by atoms with Crippen molar-refractivity contribution in [2.75, 3.05) is 11.6 Å². The summed E-state index contributed by atoms with van der Waals surface area (Å²) in [5.74, 6) is -0.0135. The lowest BCUT2D eigenvalue weighted by molar-refractivity contribution is 0.102. The quantitative estimate of drug-likeness (QED) is 0.567. The van der Waals surface area contributed by atoms with E-state index in [0.29, 0.717) is 23.1 Å². The average Bonchev–Trinajstić information content (AvgIpc) is 3.08. The highest BCUT2D eigenvalue weighted by Gasteiger charge is 2.13. The van der Waals surface area contributed by atoms with Crippen molar-refractivity contribution in [1.29, 1.82) is 0 Å². The average molecular weight is 432 g/mol. The van der Waals surface area contributed by atoms with Crippen molar-refractivity contribution in [1.82, 2.24) is 10.2 Å². The zero-order valence-electron chi connectivity index (χ0n) is 16.2. The van der Waals surface area contributed by atoms with Gasteiger partial charge in [0, 0.05) is 22.0 Å². The molecule has 29 heavy (non-hydrogen) atoms. The van der Waals surface area contributed by atoms with Crippen LogP contribution in [0.1, 0.15) is 35.7 Å². The van der Waals surface area contributed by atoms with Crippen LogP contribution >= 0.6 is 11.8 Å². The zero-order valence-corrected chi connectivity index (χ0v) is 17.9. The Labute approximate surface area is 173 Å². The first-order valence-electron chi connectivity index (χ1n) is 8.90. The molecule has 1 amide bonds. The van der Waals surface area contributed by atoms with Crippen molar-refractivity contribution in [3.63, 3.8) is 0 Å². The summed E-state index contributed by atoms with van der Waals surface area (Å²) in [4.78, 5) is 13.7. The highest BCUT2D eigenvalue weighted by atomic mass is 32.2. The van der Waals surface area contributed by atoms with Gasteiger partial charge in [-0.25, -0.2) is 8.42 Å². The third kappa shape index (κ3) is 5.91. The fraction of sp³-hybridized carbons (Fsp3) is 0.250. The van der Waals surface area contributed by atoms with Crippen molar-refractivity contribution < 1.29 is 17.6 Å². The molecule has 9 heteroatoms. The molecule has 1 aromatic heterocycles. The summed E-state index contributed by atoms with van der Waals surface area (Å²) in [6.07, 6.45) is 1.49. The first kappa shape index (κ1) is 21.1. The van der Waals surface area contributed by atoms with Crippen molar-refractivity contribution in [3.8, 4) is 0 Å². The minimum absolute atomic E-state index is 0.0136. The molecule has 3 rings (SSSR count). The molecule has 1 N–H and O–H groups in total. The van der Waals surface area contributed by atoms with Crippen LogP contribution < -0.4 is 5.32 Å². The number of benzene rings is 2. The predicted octanol–water partition coefficient (Wildman–Crippen LogP) is 3.82. The van der Waals surface area contributed by atoms with Gasteiger partial charge in [0.1, 0.15) is 0 Å². The van der Waals surface area contributed by atoms with Crippen LogP contribution in [0.4, 0.5) is 6.01 Å². The lowest BCUT2D eigenvalue weighted by atomic mass is 10.1. The molecule has 0 bridgehead atoms. The Balaban J connectivity index is 1.65. The summed E-state index contributed by atoms with van der Waals surface area (Å²) in [6, 6.07) is 13.8. The smallest absolute Gasteiger partial charge is 0.322 e. The van der Waals surface area contributed by atoms with Gasteiger partial charge in [-0.05, 0) is 35.9 Å². The van der Waals surface area contributed by atoms with E-state index in [9.17, 15) is 13.2 Å². The molecule has 0 saturated heterocycles. The Kier molecular flexibility index (Phi) is 6.39. The predicted molar refractivity (Wildman–Crippen MR) is 112 cm³/mol. The number of carbonyl (C=O) groups is 1. The topological polar surface area (TPSA) is 102 Å². The first-order chi connectivity index (χ1) is 13.7. The summed E-state index contributed by atoms with van der Waals surface area (Å²) >= 11 is 1.68. The van der Waals surface area contributed by atoms with Gasteiger partial charge in [-0.3, -0.25) is 10.1 Å². The molecule has 0 aliphatic rings. The van der Waals surface area contributed by atoms with Crippen molar-refractivity contribution in [3.05, 3.63) is 65.5 Å². The molecule has 0 fully saturated rings. The van der Waals surface area contributed by atoms with Crippen LogP contribution in [-0.2, 0) is 16.3 Å². The van der Waals surface area contributed by atoms with Gasteiger partial charge in [0.05, 0.1) is 11.3 Å². The standard InChI is InChI=1S/C20H21N3O4S2/c1-13(2)28-16-6-4-5-15(12-16)19(24)21-20-23-22-18(27-20)11-14-7-9-17(10-8-14)29(3,25)26/h4-10,12-13H,11H2,1-3H3,(H,21,23,24). The number of nitrogens with one attached hydrogen (secondary N) is 1. The third-order valence-electron chi connectivity index (χ3n) is 3.86. The number of thioether (sulfide) groups is 1. The Morgan fingerprint density at radius 2 is 1.86 bits per heavy atom. The summed E-state index contributed by atoms with van der Waals surface area (Å²) in [5.41, 5.74) is 1.32. The molecule has 152 valence electrons. The number of hydrogen-bond acceptors (Lipinski definition) is 7. The van der Waals surface area contributed by atoms with Gasteiger partial charge in [0.2, 0.25) is 5.89 Å². The van der Waals surface area contributed by atoms with Gasteiger partial charge in [-0.2, -0.15) is 0 Å². The van der Waals surface area contributed by atoms with Gasteiger partial charge >= 0.3 is 6.01 Å². The second-order valence-corrected chi connectivity index (χ2v) is 10.4. The number of carbonyl (C=O) groups excluding carboxylic acids is 1. The van der Waals surface area contributed by atoms with E-state index >= 15 is 0 Å². The fourth-order valence-electron chi connectivity index (χ4n) is 2.56. The van der Waals surface area contributed by atoms with E-state index in [2.05, 4.69) is 29.4 Å². The fourth-order valence-corrected chi connectivity index (χ4v) is 4.08. The summed E-state index contributed by atoms with van der Waals surface area (Å²) in [7, 11) is -3.24. The molecule has 0 unspecified atom stereocenters. The second-order valence-electron chi connectivity index (χ2n) is 6.74. The monoisotopic (exact) mass is 431 g/mol. The van der Waals surface area contributed by atoms with Gasteiger partial charge in [-0.15, -0.1) is 16.9 Å². The van der Waals surface area contributed by atoms with Crippen LogP contribution in [0.15, 0.2) is 62.7 Å². The number of rotatable bonds is 7. The number of amides is 1. The lowest BCUT2D eigenvalue weighted by Gasteiger charge is -2.06. The maximum atomic E-state index is 12.4.